The molecule has 1 aromatic rings. The van der Waals surface area contributed by atoms with Gasteiger partial charge in [-0.1, -0.05) is 25.0 Å². The lowest BCUT2D eigenvalue weighted by atomic mass is 9.62. The smallest absolute Gasteiger partial charge is 0.410 e. The Morgan fingerprint density at radius 1 is 1.44 bits per heavy atom. The molecule has 12 heteroatoms. The number of hydrogen-bond acceptors (Lipinski definition) is 8. The number of thiazole rings is 1. The standard InChI is InChI=1S/C20H27FN2O7S2/c21-9-2-1-6-20(7-3-8-20)16(24)5-4-14-12-30-19(27)23(14)10-11-32(28,29)18-22-15(13-31-18)17(25)26/h4-5,13-14,16,24H,1-3,6-12H2,(H,25,26). The molecule has 2 aliphatic rings. The van der Waals surface area contributed by atoms with Crippen molar-refractivity contribution < 1.29 is 37.3 Å². The molecule has 1 aliphatic heterocycles. The average Bonchev–Trinajstić information content (AvgIpc) is 3.34. The number of halogens is 1. The molecule has 178 valence electrons. The second-order valence-electron chi connectivity index (χ2n) is 8.15. The number of aromatic carboxylic acids is 1. The molecule has 0 bridgehead atoms. The van der Waals surface area contributed by atoms with Crippen molar-refractivity contribution in [3.8, 4) is 0 Å². The van der Waals surface area contributed by atoms with E-state index >= 15 is 0 Å². The third-order valence-electron chi connectivity index (χ3n) is 6.13. The largest absolute Gasteiger partial charge is 0.476 e. The zero-order valence-corrected chi connectivity index (χ0v) is 19.1. The second kappa shape index (κ2) is 10.3. The number of aliphatic hydroxyl groups excluding tert-OH is 1. The van der Waals surface area contributed by atoms with Gasteiger partial charge in [-0.25, -0.2) is 23.0 Å². The van der Waals surface area contributed by atoms with Crippen LogP contribution in [0.3, 0.4) is 0 Å². The highest BCUT2D eigenvalue weighted by Gasteiger charge is 2.42. The van der Waals surface area contributed by atoms with E-state index in [1.54, 1.807) is 12.2 Å². The lowest BCUT2D eigenvalue weighted by molar-refractivity contribution is -0.0147. The van der Waals surface area contributed by atoms with E-state index in [9.17, 15) is 27.5 Å². The molecule has 2 heterocycles. The number of carboxylic acids is 1. The fourth-order valence-electron chi connectivity index (χ4n) is 4.02. The van der Waals surface area contributed by atoms with Crippen LogP contribution in [0.2, 0.25) is 0 Å². The number of carbonyl (C=O) groups is 2. The van der Waals surface area contributed by atoms with Gasteiger partial charge in [-0.15, -0.1) is 11.3 Å². The summed E-state index contributed by atoms with van der Waals surface area (Å²) in [5, 5.41) is 20.8. The minimum atomic E-state index is -3.88. The molecule has 2 fully saturated rings. The second-order valence-corrected chi connectivity index (χ2v) is 11.3. The maximum atomic E-state index is 12.5. The van der Waals surface area contributed by atoms with Crippen molar-refractivity contribution in [3.05, 3.63) is 23.2 Å². The Morgan fingerprint density at radius 2 is 2.19 bits per heavy atom. The molecule has 3 rings (SSSR count). The number of carbonyl (C=O) groups excluding carboxylic acids is 1. The van der Waals surface area contributed by atoms with E-state index in [0.717, 1.165) is 42.4 Å². The van der Waals surface area contributed by atoms with Crippen LogP contribution in [-0.2, 0) is 14.6 Å². The molecular weight excluding hydrogens is 463 g/mol. The summed E-state index contributed by atoms with van der Waals surface area (Å²) in [4.78, 5) is 27.9. The number of cyclic esters (lactones) is 1. The summed E-state index contributed by atoms with van der Waals surface area (Å²) < 4.78 is 42.2. The lowest BCUT2D eigenvalue weighted by Gasteiger charge is -2.45. The van der Waals surface area contributed by atoms with Gasteiger partial charge in [0.2, 0.25) is 14.2 Å². The van der Waals surface area contributed by atoms with E-state index in [-0.39, 0.29) is 35.3 Å². The molecule has 2 atom stereocenters. The molecule has 2 unspecified atom stereocenters. The van der Waals surface area contributed by atoms with Gasteiger partial charge in [-0.2, -0.15) is 0 Å². The molecule has 1 amide bonds. The number of unbranched alkanes of at least 4 members (excludes halogenated alkanes) is 1. The van der Waals surface area contributed by atoms with Crippen LogP contribution in [0.15, 0.2) is 21.9 Å². The van der Waals surface area contributed by atoms with Crippen molar-refractivity contribution in [3.63, 3.8) is 0 Å². The van der Waals surface area contributed by atoms with Crippen LogP contribution in [0.1, 0.15) is 49.0 Å². The zero-order chi connectivity index (χ0) is 23.4. The number of amides is 1. The lowest BCUT2D eigenvalue weighted by Crippen LogP contribution is -2.41. The van der Waals surface area contributed by atoms with Crippen molar-refractivity contribution in [2.75, 3.05) is 25.6 Å². The summed E-state index contributed by atoms with van der Waals surface area (Å²) in [6, 6.07) is -0.527. The highest BCUT2D eigenvalue weighted by atomic mass is 32.2. The Kier molecular flexibility index (Phi) is 7.88. The topological polar surface area (TPSA) is 134 Å². The van der Waals surface area contributed by atoms with Gasteiger partial charge in [0.05, 0.1) is 24.6 Å². The molecule has 32 heavy (non-hydrogen) atoms. The van der Waals surface area contributed by atoms with Crippen molar-refractivity contribution in [1.29, 1.82) is 0 Å². The maximum Gasteiger partial charge on any atom is 0.410 e. The van der Waals surface area contributed by atoms with Crippen molar-refractivity contribution in [2.45, 2.75) is 55.0 Å². The van der Waals surface area contributed by atoms with Crippen molar-refractivity contribution >= 4 is 33.2 Å². The molecule has 1 saturated heterocycles. The predicted octanol–water partition coefficient (Wildman–Crippen LogP) is 2.66. The van der Waals surface area contributed by atoms with Crippen LogP contribution < -0.4 is 0 Å². The molecule has 1 aromatic heterocycles. The predicted molar refractivity (Wildman–Crippen MR) is 114 cm³/mol. The van der Waals surface area contributed by atoms with Gasteiger partial charge in [0, 0.05) is 11.9 Å². The van der Waals surface area contributed by atoms with Crippen LogP contribution in [-0.4, -0.2) is 78.3 Å². The van der Waals surface area contributed by atoms with Crippen LogP contribution >= 0.6 is 11.3 Å². The van der Waals surface area contributed by atoms with Gasteiger partial charge < -0.3 is 14.9 Å². The zero-order valence-electron chi connectivity index (χ0n) is 17.5. The average molecular weight is 491 g/mol. The Balaban J connectivity index is 1.61. The fourth-order valence-corrected chi connectivity index (χ4v) is 6.37. The van der Waals surface area contributed by atoms with Crippen LogP contribution in [0.4, 0.5) is 9.18 Å². The van der Waals surface area contributed by atoms with Gasteiger partial charge in [0.25, 0.3) is 0 Å². The quantitative estimate of drug-likeness (QED) is 0.337. The third kappa shape index (κ3) is 5.46. The molecule has 2 N–H and O–H groups in total. The molecule has 1 saturated carbocycles. The molecule has 1 aliphatic carbocycles. The fraction of sp³-hybridized carbons (Fsp3) is 0.650. The first-order chi connectivity index (χ1) is 15.2. The highest BCUT2D eigenvalue weighted by molar-refractivity contribution is 7.93. The number of carboxylic acid groups (broad SMARTS) is 1. The molecule has 0 aromatic carbocycles. The summed E-state index contributed by atoms with van der Waals surface area (Å²) in [6.07, 6.45) is 6.53. The summed E-state index contributed by atoms with van der Waals surface area (Å²) in [7, 11) is -3.88. The van der Waals surface area contributed by atoms with Crippen molar-refractivity contribution in [1.82, 2.24) is 9.88 Å². The number of rotatable bonds is 12. The van der Waals surface area contributed by atoms with Gasteiger partial charge in [0.1, 0.15) is 6.61 Å². The van der Waals surface area contributed by atoms with Crippen LogP contribution in [0.25, 0.3) is 0 Å². The molecule has 9 nitrogen and oxygen atoms in total. The first-order valence-corrected chi connectivity index (χ1v) is 13.0. The van der Waals surface area contributed by atoms with Gasteiger partial charge in [-0.05, 0) is 31.1 Å². The summed E-state index contributed by atoms with van der Waals surface area (Å²) in [5.41, 5.74) is -0.615. The van der Waals surface area contributed by atoms with Gasteiger partial charge in [0.15, 0.2) is 5.69 Å². The number of aliphatic hydroxyl groups is 1. The van der Waals surface area contributed by atoms with E-state index < -0.39 is 39.8 Å². The Bertz CT molecular complexity index is 959. The van der Waals surface area contributed by atoms with Crippen molar-refractivity contribution in [2.24, 2.45) is 5.41 Å². The highest BCUT2D eigenvalue weighted by Crippen LogP contribution is 2.48. The SMILES string of the molecule is O=C(O)c1csc(S(=O)(=O)CCN2C(=O)OCC2C=CC(O)C2(CCCCF)CCC2)n1. The minimum absolute atomic E-state index is 0.0391. The maximum absolute atomic E-state index is 12.5. The normalized spacial score (nSPS) is 21.5. The number of alkyl halides is 1. The third-order valence-corrected chi connectivity index (χ3v) is 9.16. The van der Waals surface area contributed by atoms with E-state index in [1.807, 2.05) is 0 Å². The monoisotopic (exact) mass is 490 g/mol. The number of ether oxygens (including phenoxy) is 1. The summed E-state index contributed by atoms with van der Waals surface area (Å²) in [5.74, 6) is -1.75. The Morgan fingerprint density at radius 3 is 2.78 bits per heavy atom. The van der Waals surface area contributed by atoms with Crippen LogP contribution in [0, 0.1) is 5.41 Å². The van der Waals surface area contributed by atoms with Gasteiger partial charge in [-0.3, -0.25) is 9.29 Å². The Hall–Kier alpha value is -2.05. The van der Waals surface area contributed by atoms with Crippen LogP contribution in [0.5, 0.6) is 0 Å². The first-order valence-electron chi connectivity index (χ1n) is 10.5. The van der Waals surface area contributed by atoms with E-state index in [0.29, 0.717) is 12.8 Å². The van der Waals surface area contributed by atoms with E-state index in [4.69, 9.17) is 9.84 Å². The minimum Gasteiger partial charge on any atom is -0.476 e. The van der Waals surface area contributed by atoms with Gasteiger partial charge >= 0.3 is 12.1 Å². The molecule has 0 radical (unpaired) electrons. The number of aromatic nitrogens is 1. The summed E-state index contributed by atoms with van der Waals surface area (Å²) >= 11 is 0.718. The molecular formula is C20H27FN2O7S2. The summed E-state index contributed by atoms with van der Waals surface area (Å²) in [6.45, 7) is -0.493. The van der Waals surface area contributed by atoms with E-state index in [2.05, 4.69) is 4.98 Å². The molecule has 0 spiro atoms. The number of nitrogens with zero attached hydrogens (tertiary/aromatic N) is 2. The first kappa shape index (κ1) is 24.6. The Labute approximate surface area is 189 Å². The number of sulfone groups is 1. The number of hydrogen-bond donors (Lipinski definition) is 2. The van der Waals surface area contributed by atoms with E-state index in [1.165, 1.54) is 4.90 Å².